The van der Waals surface area contributed by atoms with E-state index in [1.54, 1.807) is 24.3 Å². The van der Waals surface area contributed by atoms with E-state index in [-0.39, 0.29) is 9.92 Å². The van der Waals surface area contributed by atoms with E-state index >= 15 is 0 Å². The van der Waals surface area contributed by atoms with Gasteiger partial charge in [-0.15, -0.1) is 0 Å². The topological polar surface area (TPSA) is 63.2 Å². The molecule has 0 bridgehead atoms. The van der Waals surface area contributed by atoms with Crippen LogP contribution < -0.4 is 5.32 Å². The number of rotatable bonds is 4. The summed E-state index contributed by atoms with van der Waals surface area (Å²) in [4.78, 5) is 12.0. The summed E-state index contributed by atoms with van der Waals surface area (Å²) in [6.07, 6.45) is 0. The monoisotopic (exact) mass is 343 g/mol. The quantitative estimate of drug-likeness (QED) is 0.925. The standard InChI is InChI=1S/C14H11Cl2NO3S/c15-10-6-7-13(12(16)8-10)17-14(18)9-21(19,20)11-4-2-1-3-5-11/h1-8H,9H2,(H,17,18). The highest BCUT2D eigenvalue weighted by Crippen LogP contribution is 2.25. The molecule has 0 aliphatic carbocycles. The number of halogens is 2. The van der Waals surface area contributed by atoms with Gasteiger partial charge in [0.15, 0.2) is 9.84 Å². The van der Waals surface area contributed by atoms with Crippen molar-refractivity contribution in [1.82, 2.24) is 0 Å². The number of sulfone groups is 1. The third-order valence-corrected chi connectivity index (χ3v) is 4.81. The molecule has 2 aromatic rings. The van der Waals surface area contributed by atoms with E-state index in [1.165, 1.54) is 24.3 Å². The van der Waals surface area contributed by atoms with Gasteiger partial charge in [-0.1, -0.05) is 41.4 Å². The van der Waals surface area contributed by atoms with Crippen LogP contribution >= 0.6 is 23.2 Å². The van der Waals surface area contributed by atoms with Gasteiger partial charge in [-0.3, -0.25) is 4.79 Å². The average Bonchev–Trinajstić information content (AvgIpc) is 2.42. The maximum atomic E-state index is 12.1. The van der Waals surface area contributed by atoms with Crippen LogP contribution in [0.4, 0.5) is 5.69 Å². The Morgan fingerprint density at radius 3 is 2.33 bits per heavy atom. The van der Waals surface area contributed by atoms with Crippen LogP contribution in [0.25, 0.3) is 0 Å². The molecule has 0 saturated carbocycles. The molecule has 1 N–H and O–H groups in total. The second-order valence-electron chi connectivity index (χ2n) is 4.24. The first-order valence-corrected chi connectivity index (χ1v) is 8.32. The summed E-state index contributed by atoms with van der Waals surface area (Å²) < 4.78 is 24.1. The van der Waals surface area contributed by atoms with Crippen LogP contribution in [0.3, 0.4) is 0 Å². The van der Waals surface area contributed by atoms with E-state index < -0.39 is 21.5 Å². The van der Waals surface area contributed by atoms with Gasteiger partial charge in [0.1, 0.15) is 5.75 Å². The molecule has 0 radical (unpaired) electrons. The largest absolute Gasteiger partial charge is 0.324 e. The summed E-state index contributed by atoms with van der Waals surface area (Å²) in [6.45, 7) is 0. The molecule has 0 unspecified atom stereocenters. The van der Waals surface area contributed by atoms with E-state index in [1.807, 2.05) is 0 Å². The molecule has 0 fully saturated rings. The Morgan fingerprint density at radius 1 is 1.05 bits per heavy atom. The average molecular weight is 344 g/mol. The molecular formula is C14H11Cl2NO3S. The van der Waals surface area contributed by atoms with Crippen LogP contribution in [0.5, 0.6) is 0 Å². The summed E-state index contributed by atoms with van der Waals surface area (Å²) in [6, 6.07) is 12.3. The zero-order valence-corrected chi connectivity index (χ0v) is 13.0. The van der Waals surface area contributed by atoms with Gasteiger partial charge in [-0.05, 0) is 30.3 Å². The highest BCUT2D eigenvalue weighted by Gasteiger charge is 2.19. The van der Waals surface area contributed by atoms with Gasteiger partial charge in [-0.25, -0.2) is 8.42 Å². The number of benzene rings is 2. The lowest BCUT2D eigenvalue weighted by Gasteiger charge is -2.08. The smallest absolute Gasteiger partial charge is 0.240 e. The molecule has 0 atom stereocenters. The van der Waals surface area contributed by atoms with Crippen molar-refractivity contribution < 1.29 is 13.2 Å². The van der Waals surface area contributed by atoms with Crippen LogP contribution in [0.1, 0.15) is 0 Å². The van der Waals surface area contributed by atoms with E-state index in [0.29, 0.717) is 10.7 Å². The molecule has 2 aromatic carbocycles. The second-order valence-corrected chi connectivity index (χ2v) is 7.08. The summed E-state index contributed by atoms with van der Waals surface area (Å²) in [5.74, 6) is -1.32. The van der Waals surface area contributed by atoms with Crippen LogP contribution in [-0.2, 0) is 14.6 Å². The van der Waals surface area contributed by atoms with Crippen LogP contribution in [0.15, 0.2) is 53.4 Å². The Balaban J connectivity index is 2.12. The molecule has 0 saturated heterocycles. The number of carbonyl (C=O) groups is 1. The third-order valence-electron chi connectivity index (χ3n) is 2.63. The molecule has 0 heterocycles. The molecular weight excluding hydrogens is 333 g/mol. The summed E-state index contributed by atoms with van der Waals surface area (Å²) in [7, 11) is -3.68. The number of hydrogen-bond acceptors (Lipinski definition) is 3. The minimum Gasteiger partial charge on any atom is -0.324 e. The Kier molecular flexibility index (Phi) is 4.88. The SMILES string of the molecule is O=C(CS(=O)(=O)c1ccccc1)Nc1ccc(Cl)cc1Cl. The van der Waals surface area contributed by atoms with E-state index in [4.69, 9.17) is 23.2 Å². The number of carbonyl (C=O) groups excluding carboxylic acids is 1. The Morgan fingerprint density at radius 2 is 1.71 bits per heavy atom. The molecule has 4 nitrogen and oxygen atoms in total. The molecule has 0 aliphatic heterocycles. The molecule has 7 heteroatoms. The van der Waals surface area contributed by atoms with Crippen molar-refractivity contribution >= 4 is 44.6 Å². The van der Waals surface area contributed by atoms with Gasteiger partial charge in [0.25, 0.3) is 0 Å². The van der Waals surface area contributed by atoms with Gasteiger partial charge >= 0.3 is 0 Å². The fourth-order valence-corrected chi connectivity index (χ4v) is 3.27. The van der Waals surface area contributed by atoms with Crippen molar-refractivity contribution in [2.24, 2.45) is 0 Å². The zero-order chi connectivity index (χ0) is 15.5. The molecule has 2 rings (SSSR count). The fourth-order valence-electron chi connectivity index (χ4n) is 1.66. The highest BCUT2D eigenvalue weighted by atomic mass is 35.5. The Bertz CT molecular complexity index is 761. The van der Waals surface area contributed by atoms with Crippen molar-refractivity contribution in [3.63, 3.8) is 0 Å². The number of nitrogens with one attached hydrogen (secondary N) is 1. The molecule has 0 aliphatic rings. The Labute approximate surface area is 132 Å². The van der Waals surface area contributed by atoms with Gasteiger partial charge in [-0.2, -0.15) is 0 Å². The highest BCUT2D eigenvalue weighted by molar-refractivity contribution is 7.92. The minimum atomic E-state index is -3.68. The van der Waals surface area contributed by atoms with Crippen LogP contribution in [0, 0.1) is 0 Å². The van der Waals surface area contributed by atoms with Crippen molar-refractivity contribution in [2.75, 3.05) is 11.1 Å². The van der Waals surface area contributed by atoms with E-state index in [2.05, 4.69) is 5.32 Å². The van der Waals surface area contributed by atoms with Crippen molar-refractivity contribution in [2.45, 2.75) is 4.90 Å². The zero-order valence-electron chi connectivity index (χ0n) is 10.7. The maximum Gasteiger partial charge on any atom is 0.240 e. The predicted octanol–water partition coefficient (Wildman–Crippen LogP) is 3.41. The van der Waals surface area contributed by atoms with Gasteiger partial charge in [0.2, 0.25) is 5.91 Å². The lowest BCUT2D eigenvalue weighted by molar-refractivity contribution is -0.113. The summed E-state index contributed by atoms with van der Waals surface area (Å²) >= 11 is 11.7. The van der Waals surface area contributed by atoms with Crippen LogP contribution in [-0.4, -0.2) is 20.1 Å². The molecule has 0 aromatic heterocycles. The number of amides is 1. The normalized spacial score (nSPS) is 11.1. The summed E-state index contributed by atoms with van der Waals surface area (Å²) in [5.41, 5.74) is 0.314. The Hall–Kier alpha value is -1.56. The first kappa shape index (κ1) is 15.8. The molecule has 21 heavy (non-hydrogen) atoms. The molecule has 110 valence electrons. The van der Waals surface area contributed by atoms with E-state index in [9.17, 15) is 13.2 Å². The maximum absolute atomic E-state index is 12.1. The first-order valence-electron chi connectivity index (χ1n) is 5.91. The third kappa shape index (κ3) is 4.20. The number of anilines is 1. The van der Waals surface area contributed by atoms with Crippen molar-refractivity contribution in [3.8, 4) is 0 Å². The van der Waals surface area contributed by atoms with Crippen molar-refractivity contribution in [1.29, 1.82) is 0 Å². The van der Waals surface area contributed by atoms with Gasteiger partial charge in [0.05, 0.1) is 15.6 Å². The fraction of sp³-hybridized carbons (Fsp3) is 0.0714. The van der Waals surface area contributed by atoms with Gasteiger partial charge in [0, 0.05) is 5.02 Å². The second kappa shape index (κ2) is 6.47. The van der Waals surface area contributed by atoms with Crippen molar-refractivity contribution in [3.05, 3.63) is 58.6 Å². The lowest BCUT2D eigenvalue weighted by Crippen LogP contribution is -2.23. The summed E-state index contributed by atoms with van der Waals surface area (Å²) in [5, 5.41) is 3.12. The number of hydrogen-bond donors (Lipinski definition) is 1. The van der Waals surface area contributed by atoms with E-state index in [0.717, 1.165) is 0 Å². The minimum absolute atomic E-state index is 0.0994. The molecule has 0 spiro atoms. The van der Waals surface area contributed by atoms with Gasteiger partial charge < -0.3 is 5.32 Å². The molecule has 1 amide bonds. The predicted molar refractivity (Wildman–Crippen MR) is 83.6 cm³/mol. The van der Waals surface area contributed by atoms with Crippen LogP contribution in [0.2, 0.25) is 10.0 Å². The lowest BCUT2D eigenvalue weighted by atomic mass is 10.3. The first-order chi connectivity index (χ1) is 9.88.